The molecule has 0 bridgehead atoms. The molecule has 0 aliphatic heterocycles. The number of rotatable bonds is 6. The summed E-state index contributed by atoms with van der Waals surface area (Å²) in [6.07, 6.45) is 1.10. The lowest BCUT2D eigenvalue weighted by Gasteiger charge is -2.26. The second-order valence-electron chi connectivity index (χ2n) is 3.43. The summed E-state index contributed by atoms with van der Waals surface area (Å²) in [5.41, 5.74) is 2.95. The normalized spacial score (nSPS) is 13.4. The van der Waals surface area contributed by atoms with E-state index >= 15 is 0 Å². The number of aliphatic hydroxyl groups is 1. The molecule has 1 aromatic rings. The average Bonchev–Trinajstić information content (AvgIpc) is 2.68. The largest absolute Gasteiger partial charge is 0.395 e. The Bertz CT molecular complexity index is 238. The van der Waals surface area contributed by atoms with Gasteiger partial charge in [-0.05, 0) is 13.3 Å². The van der Waals surface area contributed by atoms with Gasteiger partial charge >= 0.3 is 0 Å². The first kappa shape index (κ1) is 11.6. The Kier molecular flexibility index (Phi) is 5.07. The van der Waals surface area contributed by atoms with Crippen molar-refractivity contribution in [1.82, 2.24) is 9.88 Å². The molecule has 1 heterocycles. The highest BCUT2D eigenvalue weighted by molar-refractivity contribution is 7.07. The lowest BCUT2D eigenvalue weighted by atomic mass is 10.2. The van der Waals surface area contributed by atoms with Crippen molar-refractivity contribution in [2.24, 2.45) is 0 Å². The number of aliphatic hydroxyl groups excluding tert-OH is 1. The molecule has 1 atom stereocenters. The van der Waals surface area contributed by atoms with E-state index in [9.17, 15) is 0 Å². The Labute approximate surface area is 89.4 Å². The summed E-state index contributed by atoms with van der Waals surface area (Å²) >= 11 is 1.62. The Hall–Kier alpha value is -0.450. The van der Waals surface area contributed by atoms with E-state index in [1.54, 1.807) is 11.3 Å². The highest BCUT2D eigenvalue weighted by Crippen LogP contribution is 2.10. The molecule has 0 aromatic carbocycles. The monoisotopic (exact) mass is 214 g/mol. The van der Waals surface area contributed by atoms with E-state index in [4.69, 9.17) is 5.11 Å². The minimum atomic E-state index is 0.217. The third-order valence-electron chi connectivity index (χ3n) is 2.45. The van der Waals surface area contributed by atoms with Crippen LogP contribution in [0.3, 0.4) is 0 Å². The zero-order chi connectivity index (χ0) is 10.4. The zero-order valence-corrected chi connectivity index (χ0v) is 9.63. The van der Waals surface area contributed by atoms with Crippen LogP contribution in [0.4, 0.5) is 0 Å². The molecule has 1 aromatic heterocycles. The summed E-state index contributed by atoms with van der Waals surface area (Å²) in [6, 6.07) is 0.504. The topological polar surface area (TPSA) is 36.4 Å². The minimum Gasteiger partial charge on any atom is -0.395 e. The molecule has 0 saturated carbocycles. The number of thiazole rings is 1. The van der Waals surface area contributed by atoms with Crippen molar-refractivity contribution >= 4 is 11.3 Å². The smallest absolute Gasteiger partial charge is 0.0795 e. The van der Waals surface area contributed by atoms with Crippen molar-refractivity contribution in [3.8, 4) is 0 Å². The molecule has 0 radical (unpaired) electrons. The molecular formula is C10H18N2OS. The molecule has 4 heteroatoms. The SMILES string of the molecule is CC[C@@H](C)N(CCO)Cc1cscn1. The maximum atomic E-state index is 8.95. The molecule has 80 valence electrons. The van der Waals surface area contributed by atoms with E-state index in [2.05, 4.69) is 29.1 Å². The Balaban J connectivity index is 2.50. The van der Waals surface area contributed by atoms with Crippen LogP contribution >= 0.6 is 11.3 Å². The average molecular weight is 214 g/mol. The summed E-state index contributed by atoms with van der Waals surface area (Å²) in [4.78, 5) is 6.51. The number of hydrogen-bond donors (Lipinski definition) is 1. The van der Waals surface area contributed by atoms with E-state index in [1.807, 2.05) is 5.51 Å². The van der Waals surface area contributed by atoms with Gasteiger partial charge in [0.15, 0.2) is 0 Å². The van der Waals surface area contributed by atoms with E-state index in [0.717, 1.165) is 25.2 Å². The van der Waals surface area contributed by atoms with Gasteiger partial charge in [-0.15, -0.1) is 11.3 Å². The fourth-order valence-electron chi connectivity index (χ4n) is 1.37. The van der Waals surface area contributed by atoms with Gasteiger partial charge in [0.2, 0.25) is 0 Å². The Morgan fingerprint density at radius 2 is 2.43 bits per heavy atom. The summed E-state index contributed by atoms with van der Waals surface area (Å²) in [5, 5.41) is 11.0. The van der Waals surface area contributed by atoms with Crippen LogP contribution in [0.15, 0.2) is 10.9 Å². The lowest BCUT2D eigenvalue weighted by Crippen LogP contribution is -2.34. The third-order valence-corrected chi connectivity index (χ3v) is 3.09. The summed E-state index contributed by atoms with van der Waals surface area (Å²) in [7, 11) is 0. The van der Waals surface area contributed by atoms with Gasteiger partial charge in [-0.3, -0.25) is 4.90 Å². The van der Waals surface area contributed by atoms with E-state index < -0.39 is 0 Å². The molecule has 0 saturated heterocycles. The lowest BCUT2D eigenvalue weighted by molar-refractivity contribution is 0.147. The van der Waals surface area contributed by atoms with Crippen LogP contribution < -0.4 is 0 Å². The van der Waals surface area contributed by atoms with Gasteiger partial charge in [0.25, 0.3) is 0 Å². The summed E-state index contributed by atoms with van der Waals surface area (Å²) < 4.78 is 0. The van der Waals surface area contributed by atoms with E-state index in [-0.39, 0.29) is 6.61 Å². The summed E-state index contributed by atoms with van der Waals surface area (Å²) in [5.74, 6) is 0. The van der Waals surface area contributed by atoms with Crippen molar-refractivity contribution < 1.29 is 5.11 Å². The van der Waals surface area contributed by atoms with Gasteiger partial charge in [-0.25, -0.2) is 4.98 Å². The van der Waals surface area contributed by atoms with Crippen LogP contribution in [-0.2, 0) is 6.54 Å². The van der Waals surface area contributed by atoms with Crippen molar-refractivity contribution in [2.45, 2.75) is 32.9 Å². The van der Waals surface area contributed by atoms with Crippen molar-refractivity contribution in [2.75, 3.05) is 13.2 Å². The van der Waals surface area contributed by atoms with Crippen LogP contribution in [0, 0.1) is 0 Å². The fourth-order valence-corrected chi connectivity index (χ4v) is 1.92. The Morgan fingerprint density at radius 1 is 1.64 bits per heavy atom. The second-order valence-corrected chi connectivity index (χ2v) is 4.15. The quantitative estimate of drug-likeness (QED) is 0.783. The predicted molar refractivity (Wildman–Crippen MR) is 59.4 cm³/mol. The maximum absolute atomic E-state index is 8.95. The second kappa shape index (κ2) is 6.11. The molecule has 0 aliphatic rings. The fraction of sp³-hybridized carbons (Fsp3) is 0.700. The van der Waals surface area contributed by atoms with Gasteiger partial charge < -0.3 is 5.11 Å². The highest BCUT2D eigenvalue weighted by atomic mass is 32.1. The molecule has 1 N–H and O–H groups in total. The van der Waals surface area contributed by atoms with Gasteiger partial charge in [-0.2, -0.15) is 0 Å². The van der Waals surface area contributed by atoms with Gasteiger partial charge in [-0.1, -0.05) is 6.92 Å². The highest BCUT2D eigenvalue weighted by Gasteiger charge is 2.12. The van der Waals surface area contributed by atoms with Gasteiger partial charge in [0, 0.05) is 24.5 Å². The predicted octanol–water partition coefficient (Wildman–Crippen LogP) is 1.74. The number of aromatic nitrogens is 1. The third kappa shape index (κ3) is 3.36. The van der Waals surface area contributed by atoms with E-state index in [0.29, 0.717) is 6.04 Å². The molecular weight excluding hydrogens is 196 g/mol. The zero-order valence-electron chi connectivity index (χ0n) is 8.81. The minimum absolute atomic E-state index is 0.217. The van der Waals surface area contributed by atoms with Crippen LogP contribution in [0.2, 0.25) is 0 Å². The maximum Gasteiger partial charge on any atom is 0.0795 e. The molecule has 0 spiro atoms. The van der Waals surface area contributed by atoms with Crippen LogP contribution in [0.25, 0.3) is 0 Å². The van der Waals surface area contributed by atoms with Crippen LogP contribution in [0.1, 0.15) is 26.0 Å². The van der Waals surface area contributed by atoms with E-state index in [1.165, 1.54) is 0 Å². The molecule has 1 rings (SSSR count). The molecule has 0 fully saturated rings. The van der Waals surface area contributed by atoms with Crippen LogP contribution in [-0.4, -0.2) is 34.2 Å². The Morgan fingerprint density at radius 3 is 2.93 bits per heavy atom. The first-order valence-electron chi connectivity index (χ1n) is 5.00. The molecule has 3 nitrogen and oxygen atoms in total. The van der Waals surface area contributed by atoms with Crippen molar-refractivity contribution in [3.05, 3.63) is 16.6 Å². The number of hydrogen-bond acceptors (Lipinski definition) is 4. The standard InChI is InChI=1S/C10H18N2OS/c1-3-9(2)12(4-5-13)6-10-7-14-8-11-10/h7-9,13H,3-6H2,1-2H3/t9-/m1/s1. The molecule has 0 unspecified atom stereocenters. The molecule has 0 aliphatic carbocycles. The first-order valence-corrected chi connectivity index (χ1v) is 5.94. The first-order chi connectivity index (χ1) is 6.77. The van der Waals surface area contributed by atoms with Crippen LogP contribution in [0.5, 0.6) is 0 Å². The van der Waals surface area contributed by atoms with Gasteiger partial charge in [0.05, 0.1) is 17.8 Å². The van der Waals surface area contributed by atoms with Gasteiger partial charge in [0.1, 0.15) is 0 Å². The number of nitrogens with zero attached hydrogens (tertiary/aromatic N) is 2. The summed E-state index contributed by atoms with van der Waals surface area (Å²) in [6.45, 7) is 6.14. The van der Waals surface area contributed by atoms with Crippen molar-refractivity contribution in [1.29, 1.82) is 0 Å². The van der Waals surface area contributed by atoms with Crippen molar-refractivity contribution in [3.63, 3.8) is 0 Å². The molecule has 14 heavy (non-hydrogen) atoms. The molecule has 0 amide bonds.